The van der Waals surface area contributed by atoms with Crippen molar-refractivity contribution < 1.29 is 0 Å². The van der Waals surface area contributed by atoms with E-state index in [0.717, 1.165) is 5.56 Å². The summed E-state index contributed by atoms with van der Waals surface area (Å²) in [7, 11) is 0. The van der Waals surface area contributed by atoms with Gasteiger partial charge >= 0.3 is 5.69 Å². The van der Waals surface area contributed by atoms with Gasteiger partial charge in [-0.3, -0.25) is 9.36 Å². The van der Waals surface area contributed by atoms with E-state index in [1.54, 1.807) is 6.33 Å². The zero-order valence-corrected chi connectivity index (χ0v) is 17.8. The fraction of sp³-hybridized carbons (Fsp3) is 0.292. The lowest BCUT2D eigenvalue weighted by molar-refractivity contribution is 0.655. The maximum atomic E-state index is 13.1. The molecule has 0 atom stereocenters. The van der Waals surface area contributed by atoms with Gasteiger partial charge in [-0.25, -0.2) is 14.3 Å². The smallest absolute Gasteiger partial charge is 0.320 e. The normalized spacial score (nSPS) is 11.5. The summed E-state index contributed by atoms with van der Waals surface area (Å²) < 4.78 is 4.63. The highest BCUT2D eigenvalue weighted by Gasteiger charge is 2.18. The van der Waals surface area contributed by atoms with Crippen LogP contribution in [0.1, 0.15) is 43.4 Å². The summed E-state index contributed by atoms with van der Waals surface area (Å²) in [5, 5.41) is 0. The minimum Gasteiger partial charge on any atom is -0.320 e. The highest BCUT2D eigenvalue weighted by atomic mass is 16.2. The van der Waals surface area contributed by atoms with Crippen molar-refractivity contribution in [1.82, 2.24) is 18.7 Å². The predicted octanol–water partition coefficient (Wildman–Crippen LogP) is 3.85. The number of hydrogen-bond donors (Lipinski definition) is 0. The van der Waals surface area contributed by atoms with E-state index >= 15 is 0 Å². The average Bonchev–Trinajstić information content (AvgIpc) is 3.14. The lowest BCUT2D eigenvalue weighted by Crippen LogP contribution is -2.39. The highest BCUT2D eigenvalue weighted by molar-refractivity contribution is 5.72. The Balaban J connectivity index is 1.92. The predicted molar refractivity (Wildman–Crippen MR) is 120 cm³/mol. The molecule has 6 heteroatoms. The maximum absolute atomic E-state index is 13.1. The topological polar surface area (TPSA) is 61.8 Å². The van der Waals surface area contributed by atoms with Crippen LogP contribution in [0.5, 0.6) is 0 Å². The summed E-state index contributed by atoms with van der Waals surface area (Å²) in [6.07, 6.45) is 1.64. The van der Waals surface area contributed by atoms with Crippen molar-refractivity contribution in [3.8, 4) is 5.69 Å². The molecule has 0 radical (unpaired) electrons. The van der Waals surface area contributed by atoms with Crippen molar-refractivity contribution in [2.75, 3.05) is 0 Å². The second kappa shape index (κ2) is 7.78. The van der Waals surface area contributed by atoms with E-state index in [1.807, 2.05) is 66.9 Å². The molecule has 2 aromatic carbocycles. The van der Waals surface area contributed by atoms with Gasteiger partial charge < -0.3 is 4.57 Å². The van der Waals surface area contributed by atoms with E-state index in [9.17, 15) is 9.59 Å². The van der Waals surface area contributed by atoms with Crippen molar-refractivity contribution >= 4 is 11.2 Å². The first-order chi connectivity index (χ1) is 14.4. The number of rotatable bonds is 5. The summed E-state index contributed by atoms with van der Waals surface area (Å²) in [5.74, 6) is 0.397. The first kappa shape index (κ1) is 19.9. The third kappa shape index (κ3) is 3.38. The molecule has 6 nitrogen and oxygen atoms in total. The lowest BCUT2D eigenvalue weighted by atomic mass is 10.0. The fourth-order valence-corrected chi connectivity index (χ4v) is 3.71. The van der Waals surface area contributed by atoms with Crippen LogP contribution < -0.4 is 11.2 Å². The molecule has 0 bridgehead atoms. The minimum atomic E-state index is -0.368. The van der Waals surface area contributed by atoms with Gasteiger partial charge in [0.1, 0.15) is 0 Å². The van der Waals surface area contributed by atoms with E-state index in [-0.39, 0.29) is 11.2 Å². The molecule has 0 unspecified atom stereocenters. The minimum absolute atomic E-state index is 0.299. The molecule has 4 aromatic rings. The van der Waals surface area contributed by atoms with Gasteiger partial charge in [-0.2, -0.15) is 0 Å². The molecular weight excluding hydrogens is 376 g/mol. The van der Waals surface area contributed by atoms with Gasteiger partial charge in [0.25, 0.3) is 5.56 Å². The van der Waals surface area contributed by atoms with Crippen LogP contribution in [0, 0.1) is 6.92 Å². The largest absolute Gasteiger partial charge is 0.337 e. The Morgan fingerprint density at radius 3 is 2.23 bits per heavy atom. The van der Waals surface area contributed by atoms with Crippen LogP contribution >= 0.6 is 0 Å². The molecule has 30 heavy (non-hydrogen) atoms. The van der Waals surface area contributed by atoms with E-state index in [1.165, 1.54) is 20.3 Å². The highest BCUT2D eigenvalue weighted by Crippen LogP contribution is 2.19. The van der Waals surface area contributed by atoms with Crippen LogP contribution in [0.2, 0.25) is 0 Å². The van der Waals surface area contributed by atoms with Crippen molar-refractivity contribution in [2.24, 2.45) is 0 Å². The average molecular weight is 402 g/mol. The zero-order valence-electron chi connectivity index (χ0n) is 17.8. The molecule has 0 saturated carbocycles. The van der Waals surface area contributed by atoms with Gasteiger partial charge in [0.2, 0.25) is 0 Å². The van der Waals surface area contributed by atoms with Gasteiger partial charge in [-0.15, -0.1) is 0 Å². The van der Waals surface area contributed by atoms with Crippen LogP contribution in [0.15, 0.2) is 64.4 Å². The van der Waals surface area contributed by atoms with Crippen LogP contribution in [0.3, 0.4) is 0 Å². The number of fused-ring (bicyclic) bond motifs is 1. The molecular formula is C24H26N4O2. The summed E-state index contributed by atoms with van der Waals surface area (Å²) in [4.78, 5) is 30.7. The van der Waals surface area contributed by atoms with Crippen LogP contribution in [0.4, 0.5) is 0 Å². The maximum Gasteiger partial charge on any atom is 0.337 e. The molecule has 2 aromatic heterocycles. The van der Waals surface area contributed by atoms with Crippen LogP contribution in [0.25, 0.3) is 16.9 Å². The van der Waals surface area contributed by atoms with E-state index < -0.39 is 0 Å². The van der Waals surface area contributed by atoms with Crippen molar-refractivity contribution in [3.63, 3.8) is 0 Å². The Hall–Kier alpha value is -3.41. The van der Waals surface area contributed by atoms with Crippen molar-refractivity contribution in [1.29, 1.82) is 0 Å². The summed E-state index contributed by atoms with van der Waals surface area (Å²) in [6.45, 7) is 8.92. The Morgan fingerprint density at radius 2 is 1.63 bits per heavy atom. The number of aryl methyl sites for hydroxylation is 1. The summed E-state index contributed by atoms with van der Waals surface area (Å²) in [6, 6.07) is 16.0. The number of aromatic nitrogens is 4. The number of imidazole rings is 1. The SMILES string of the molecule is CCn1c(=O)c2c(ncn2Cc2ccc(C)cc2)n(-c2ccc(C(C)C)cc2)c1=O. The van der Waals surface area contributed by atoms with Crippen LogP contribution in [-0.2, 0) is 13.1 Å². The molecule has 0 aliphatic carbocycles. The van der Waals surface area contributed by atoms with E-state index in [0.29, 0.717) is 35.9 Å². The van der Waals surface area contributed by atoms with Gasteiger partial charge in [0.15, 0.2) is 11.2 Å². The van der Waals surface area contributed by atoms with E-state index in [2.05, 4.69) is 18.8 Å². The molecule has 2 heterocycles. The Morgan fingerprint density at radius 1 is 0.967 bits per heavy atom. The molecule has 0 amide bonds. The molecule has 0 N–H and O–H groups in total. The number of benzene rings is 2. The summed E-state index contributed by atoms with van der Waals surface area (Å²) >= 11 is 0. The van der Waals surface area contributed by atoms with Crippen LogP contribution in [-0.4, -0.2) is 18.7 Å². The van der Waals surface area contributed by atoms with Gasteiger partial charge in [-0.1, -0.05) is 55.8 Å². The Bertz CT molecular complexity index is 1310. The monoisotopic (exact) mass is 402 g/mol. The van der Waals surface area contributed by atoms with E-state index in [4.69, 9.17) is 0 Å². The molecule has 0 fully saturated rings. The molecule has 0 spiro atoms. The van der Waals surface area contributed by atoms with Gasteiger partial charge in [-0.05, 0) is 43.0 Å². The Labute approximate surface area is 175 Å². The Kier molecular flexibility index (Phi) is 5.16. The first-order valence-corrected chi connectivity index (χ1v) is 10.3. The lowest BCUT2D eigenvalue weighted by Gasteiger charge is -2.13. The second-order valence-electron chi connectivity index (χ2n) is 7.94. The van der Waals surface area contributed by atoms with Crippen molar-refractivity contribution in [3.05, 3.63) is 92.4 Å². The standard InChI is InChI=1S/C24H26N4O2/c1-5-27-23(29)21-22(25-15-26(21)14-18-8-6-17(4)7-9-18)28(24(27)30)20-12-10-19(11-13-20)16(2)3/h6-13,15-16H,5,14H2,1-4H3. The second-order valence-corrected chi connectivity index (χ2v) is 7.94. The summed E-state index contributed by atoms with van der Waals surface area (Å²) in [5.41, 5.74) is 4.30. The molecule has 0 aliphatic rings. The molecule has 4 rings (SSSR count). The fourth-order valence-electron chi connectivity index (χ4n) is 3.71. The van der Waals surface area contributed by atoms with Crippen molar-refractivity contribution in [2.45, 2.75) is 46.7 Å². The third-order valence-corrected chi connectivity index (χ3v) is 5.51. The zero-order chi connectivity index (χ0) is 21.4. The molecule has 0 saturated heterocycles. The first-order valence-electron chi connectivity index (χ1n) is 10.3. The number of nitrogens with zero attached hydrogens (tertiary/aromatic N) is 4. The number of hydrogen-bond acceptors (Lipinski definition) is 3. The van der Waals surface area contributed by atoms with Gasteiger partial charge in [0, 0.05) is 13.1 Å². The molecule has 0 aliphatic heterocycles. The third-order valence-electron chi connectivity index (χ3n) is 5.51. The molecule has 154 valence electrons. The quantitative estimate of drug-likeness (QED) is 0.509. The van der Waals surface area contributed by atoms with Gasteiger partial charge in [0.05, 0.1) is 12.0 Å².